The SMILES string of the molecule is COC(=O)C1=C(C[NH+]2CCOCC2)NC(=O)N[C@H]1c1ccc(OC)cc1. The monoisotopic (exact) mass is 362 g/mol. The molecule has 2 amide bonds. The highest BCUT2D eigenvalue weighted by Gasteiger charge is 2.35. The summed E-state index contributed by atoms with van der Waals surface area (Å²) in [6.07, 6.45) is 0. The van der Waals surface area contributed by atoms with Crippen molar-refractivity contribution in [2.75, 3.05) is 47.1 Å². The van der Waals surface area contributed by atoms with Crippen molar-refractivity contribution in [3.8, 4) is 5.75 Å². The first-order valence-corrected chi connectivity index (χ1v) is 8.56. The number of nitrogens with one attached hydrogen (secondary N) is 3. The lowest BCUT2D eigenvalue weighted by Crippen LogP contribution is -3.14. The maximum absolute atomic E-state index is 12.5. The molecule has 8 nitrogen and oxygen atoms in total. The molecule has 0 bridgehead atoms. The number of benzene rings is 1. The highest BCUT2D eigenvalue weighted by atomic mass is 16.5. The van der Waals surface area contributed by atoms with Crippen molar-refractivity contribution in [3.63, 3.8) is 0 Å². The van der Waals surface area contributed by atoms with E-state index in [2.05, 4.69) is 10.6 Å². The van der Waals surface area contributed by atoms with Gasteiger partial charge in [-0.05, 0) is 17.7 Å². The predicted octanol–water partition coefficient (Wildman–Crippen LogP) is -0.609. The van der Waals surface area contributed by atoms with E-state index in [1.165, 1.54) is 12.0 Å². The minimum absolute atomic E-state index is 0.332. The van der Waals surface area contributed by atoms with Crippen molar-refractivity contribution in [3.05, 3.63) is 41.1 Å². The molecule has 3 rings (SSSR count). The van der Waals surface area contributed by atoms with Crippen LogP contribution in [0, 0.1) is 0 Å². The molecule has 2 aliphatic rings. The van der Waals surface area contributed by atoms with E-state index in [1.54, 1.807) is 19.2 Å². The Morgan fingerprint density at radius 1 is 1.23 bits per heavy atom. The molecule has 0 aromatic heterocycles. The molecule has 1 saturated heterocycles. The Bertz CT molecular complexity index is 695. The first-order chi connectivity index (χ1) is 12.6. The molecule has 0 unspecified atom stereocenters. The molecule has 1 fully saturated rings. The minimum Gasteiger partial charge on any atom is -0.497 e. The average Bonchev–Trinajstić information content (AvgIpc) is 2.68. The van der Waals surface area contributed by atoms with Gasteiger partial charge in [0.05, 0.1) is 44.7 Å². The molecule has 2 aliphatic heterocycles. The highest BCUT2D eigenvalue weighted by molar-refractivity contribution is 5.95. The van der Waals surface area contributed by atoms with E-state index < -0.39 is 12.0 Å². The maximum atomic E-state index is 12.5. The van der Waals surface area contributed by atoms with Crippen molar-refractivity contribution in [2.24, 2.45) is 0 Å². The van der Waals surface area contributed by atoms with E-state index in [4.69, 9.17) is 14.2 Å². The zero-order valence-electron chi connectivity index (χ0n) is 15.0. The number of carbonyl (C=O) groups excluding carboxylic acids is 2. The van der Waals surface area contributed by atoms with E-state index in [0.29, 0.717) is 36.8 Å². The van der Waals surface area contributed by atoms with E-state index in [1.807, 2.05) is 12.1 Å². The number of carbonyl (C=O) groups is 2. The number of quaternary nitrogens is 1. The summed E-state index contributed by atoms with van der Waals surface area (Å²) >= 11 is 0. The standard InChI is InChI=1S/C18H23N3O5/c1-24-13-5-3-12(4-6-13)16-15(17(22)25-2)14(19-18(23)20-16)11-21-7-9-26-10-8-21/h3-6,16H,7-11H2,1-2H3,(H2,19,20,23)/p+1/t16-/m0/s1. The molecule has 3 N–H and O–H groups in total. The van der Waals surface area contributed by atoms with E-state index >= 15 is 0 Å². The third-order valence-electron chi connectivity index (χ3n) is 4.63. The molecule has 8 heteroatoms. The van der Waals surface area contributed by atoms with Crippen LogP contribution in [0.2, 0.25) is 0 Å². The summed E-state index contributed by atoms with van der Waals surface area (Å²) in [6.45, 7) is 3.53. The van der Waals surface area contributed by atoms with Gasteiger partial charge in [-0.1, -0.05) is 12.1 Å². The minimum atomic E-state index is -0.572. The average molecular weight is 362 g/mol. The number of methoxy groups -OCH3 is 2. The molecule has 0 aliphatic carbocycles. The summed E-state index contributed by atoms with van der Waals surface area (Å²) in [5.41, 5.74) is 1.81. The Balaban J connectivity index is 1.95. The Morgan fingerprint density at radius 2 is 1.92 bits per heavy atom. The number of ether oxygens (including phenoxy) is 3. The van der Waals surface area contributed by atoms with Gasteiger partial charge in [0.15, 0.2) is 0 Å². The summed E-state index contributed by atoms with van der Waals surface area (Å²) in [5.74, 6) is 0.247. The van der Waals surface area contributed by atoms with Crippen LogP contribution < -0.4 is 20.3 Å². The second-order valence-electron chi connectivity index (χ2n) is 6.23. The van der Waals surface area contributed by atoms with Gasteiger partial charge in [-0.2, -0.15) is 0 Å². The van der Waals surface area contributed by atoms with Crippen LogP contribution in [-0.2, 0) is 14.3 Å². The first kappa shape index (κ1) is 18.2. The molecule has 2 heterocycles. The fourth-order valence-corrected chi connectivity index (χ4v) is 3.24. The van der Waals surface area contributed by atoms with E-state index in [0.717, 1.165) is 18.7 Å². The van der Waals surface area contributed by atoms with Crippen LogP contribution in [0.5, 0.6) is 5.75 Å². The lowest BCUT2D eigenvalue weighted by Gasteiger charge is -2.31. The third kappa shape index (κ3) is 3.97. The first-order valence-electron chi connectivity index (χ1n) is 8.56. The van der Waals surface area contributed by atoms with Gasteiger partial charge < -0.3 is 29.7 Å². The summed E-state index contributed by atoms with van der Waals surface area (Å²) in [6, 6.07) is 6.35. The summed E-state index contributed by atoms with van der Waals surface area (Å²) in [4.78, 5) is 26.0. The van der Waals surface area contributed by atoms with Gasteiger partial charge >= 0.3 is 12.0 Å². The number of amides is 2. The van der Waals surface area contributed by atoms with Gasteiger partial charge in [0.2, 0.25) is 0 Å². The van der Waals surface area contributed by atoms with Crippen molar-refractivity contribution < 1.29 is 28.7 Å². The van der Waals surface area contributed by atoms with Crippen LogP contribution in [0.15, 0.2) is 35.5 Å². The quantitative estimate of drug-likeness (QED) is 0.608. The Kier molecular flexibility index (Phi) is 5.75. The number of hydrogen-bond donors (Lipinski definition) is 3. The van der Waals surface area contributed by atoms with E-state index in [9.17, 15) is 9.59 Å². The molecule has 140 valence electrons. The fourth-order valence-electron chi connectivity index (χ4n) is 3.24. The fraction of sp³-hybridized carbons (Fsp3) is 0.444. The summed E-state index contributed by atoms with van der Waals surface area (Å²) in [5, 5.41) is 5.61. The lowest BCUT2D eigenvalue weighted by atomic mass is 9.95. The summed E-state index contributed by atoms with van der Waals surface area (Å²) in [7, 11) is 2.93. The topological polar surface area (TPSA) is 90.3 Å². The summed E-state index contributed by atoms with van der Waals surface area (Å²) < 4.78 is 15.5. The zero-order valence-corrected chi connectivity index (χ0v) is 15.0. The van der Waals surface area contributed by atoms with Crippen molar-refractivity contribution in [1.82, 2.24) is 10.6 Å². The van der Waals surface area contributed by atoms with Crippen LogP contribution in [0.4, 0.5) is 4.79 Å². The molecule has 0 saturated carbocycles. The van der Waals surface area contributed by atoms with Gasteiger partial charge in [-0.3, -0.25) is 0 Å². The molecule has 0 spiro atoms. The third-order valence-corrected chi connectivity index (χ3v) is 4.63. The predicted molar refractivity (Wildman–Crippen MR) is 92.8 cm³/mol. The Labute approximate surface area is 152 Å². The number of morpholine rings is 1. The van der Waals surface area contributed by atoms with Gasteiger partial charge in [-0.25, -0.2) is 9.59 Å². The van der Waals surface area contributed by atoms with Crippen molar-refractivity contribution in [1.29, 1.82) is 0 Å². The molecular formula is C18H24N3O5+. The largest absolute Gasteiger partial charge is 0.497 e. The number of hydrogen-bond acceptors (Lipinski definition) is 5. The zero-order chi connectivity index (χ0) is 18.5. The van der Waals surface area contributed by atoms with E-state index in [-0.39, 0.29) is 6.03 Å². The van der Waals surface area contributed by atoms with Crippen LogP contribution in [-0.4, -0.2) is 59.1 Å². The van der Waals surface area contributed by atoms with Crippen LogP contribution in [0.1, 0.15) is 11.6 Å². The number of esters is 1. The van der Waals surface area contributed by atoms with Gasteiger partial charge in [0.1, 0.15) is 25.4 Å². The number of urea groups is 1. The molecule has 1 aromatic carbocycles. The molecule has 0 radical (unpaired) electrons. The van der Waals surface area contributed by atoms with Gasteiger partial charge in [-0.15, -0.1) is 0 Å². The normalized spacial score (nSPS) is 21.0. The number of rotatable bonds is 5. The molecule has 1 aromatic rings. The van der Waals surface area contributed by atoms with Crippen molar-refractivity contribution >= 4 is 12.0 Å². The Hall–Kier alpha value is -2.58. The lowest BCUT2D eigenvalue weighted by molar-refractivity contribution is -0.903. The van der Waals surface area contributed by atoms with Crippen LogP contribution in [0.3, 0.4) is 0 Å². The maximum Gasteiger partial charge on any atom is 0.338 e. The van der Waals surface area contributed by atoms with Crippen LogP contribution in [0.25, 0.3) is 0 Å². The van der Waals surface area contributed by atoms with Gasteiger partial charge in [0, 0.05) is 0 Å². The molecule has 26 heavy (non-hydrogen) atoms. The second kappa shape index (κ2) is 8.20. The van der Waals surface area contributed by atoms with Crippen LogP contribution >= 0.6 is 0 Å². The van der Waals surface area contributed by atoms with Crippen molar-refractivity contribution in [2.45, 2.75) is 6.04 Å². The second-order valence-corrected chi connectivity index (χ2v) is 6.23. The van der Waals surface area contributed by atoms with Gasteiger partial charge in [0.25, 0.3) is 0 Å². The molecule has 1 atom stereocenters. The highest BCUT2D eigenvalue weighted by Crippen LogP contribution is 2.28. The molecular weight excluding hydrogens is 338 g/mol. The Morgan fingerprint density at radius 3 is 2.54 bits per heavy atom. The smallest absolute Gasteiger partial charge is 0.338 e.